The van der Waals surface area contributed by atoms with Gasteiger partial charge in [-0.05, 0) is 31.5 Å². The number of nitrogens with one attached hydrogen (secondary N) is 2. The van der Waals surface area contributed by atoms with Crippen molar-refractivity contribution in [2.24, 2.45) is 0 Å². The normalized spacial score (nSPS) is 11.8. The molecule has 2 amide bonds. The number of carbonyl (C=O) groups is 2. The standard InChI is InChI=1S/C14H19BrN2O3/c1-9(20-3)4-7-13(18)17-12-6-5-10(15)8-11(12)14(19)16-2/h5-6,8-9H,4,7H2,1-3H3,(H,16,19)(H,17,18)/t9-/m1/s1. The van der Waals surface area contributed by atoms with Crippen LogP contribution >= 0.6 is 15.9 Å². The van der Waals surface area contributed by atoms with Crippen LogP contribution in [0.25, 0.3) is 0 Å². The molecule has 0 aromatic heterocycles. The van der Waals surface area contributed by atoms with Crippen molar-refractivity contribution in [2.75, 3.05) is 19.5 Å². The van der Waals surface area contributed by atoms with E-state index in [4.69, 9.17) is 4.74 Å². The van der Waals surface area contributed by atoms with Crippen molar-refractivity contribution in [2.45, 2.75) is 25.9 Å². The van der Waals surface area contributed by atoms with Crippen LogP contribution in [0.15, 0.2) is 22.7 Å². The van der Waals surface area contributed by atoms with Crippen LogP contribution in [0, 0.1) is 0 Å². The van der Waals surface area contributed by atoms with Gasteiger partial charge >= 0.3 is 0 Å². The molecular formula is C14H19BrN2O3. The Morgan fingerprint density at radius 1 is 1.40 bits per heavy atom. The second-order valence-corrected chi connectivity index (χ2v) is 5.32. The third-order valence-corrected chi connectivity index (χ3v) is 3.40. The van der Waals surface area contributed by atoms with Crippen LogP contribution in [0.3, 0.4) is 0 Å². The maximum atomic E-state index is 11.9. The quantitative estimate of drug-likeness (QED) is 0.834. The van der Waals surface area contributed by atoms with Gasteiger partial charge in [0.2, 0.25) is 5.91 Å². The number of anilines is 1. The molecule has 110 valence electrons. The highest BCUT2D eigenvalue weighted by Crippen LogP contribution is 2.21. The zero-order valence-corrected chi connectivity index (χ0v) is 13.4. The fourth-order valence-electron chi connectivity index (χ4n) is 1.61. The molecule has 0 fully saturated rings. The van der Waals surface area contributed by atoms with Gasteiger partial charge in [-0.15, -0.1) is 0 Å². The SMILES string of the molecule is CNC(=O)c1cc(Br)ccc1NC(=O)CC[C@@H](C)OC. The van der Waals surface area contributed by atoms with Crippen LogP contribution in [-0.2, 0) is 9.53 Å². The van der Waals surface area contributed by atoms with Crippen molar-refractivity contribution in [3.8, 4) is 0 Å². The van der Waals surface area contributed by atoms with Gasteiger partial charge in [0.05, 0.1) is 17.4 Å². The van der Waals surface area contributed by atoms with Gasteiger partial charge in [-0.2, -0.15) is 0 Å². The first-order valence-corrected chi connectivity index (χ1v) is 7.11. The van der Waals surface area contributed by atoms with E-state index in [9.17, 15) is 9.59 Å². The van der Waals surface area contributed by atoms with Crippen molar-refractivity contribution in [3.05, 3.63) is 28.2 Å². The summed E-state index contributed by atoms with van der Waals surface area (Å²) in [5.41, 5.74) is 0.928. The minimum atomic E-state index is -0.244. The van der Waals surface area contributed by atoms with E-state index in [2.05, 4.69) is 26.6 Å². The lowest BCUT2D eigenvalue weighted by atomic mass is 10.1. The molecule has 20 heavy (non-hydrogen) atoms. The summed E-state index contributed by atoms with van der Waals surface area (Å²) in [6.07, 6.45) is 1.01. The van der Waals surface area contributed by atoms with Crippen molar-refractivity contribution >= 4 is 33.4 Å². The van der Waals surface area contributed by atoms with Crippen LogP contribution in [-0.4, -0.2) is 32.1 Å². The molecular weight excluding hydrogens is 324 g/mol. The van der Waals surface area contributed by atoms with E-state index in [1.807, 2.05) is 6.92 Å². The number of hydrogen-bond acceptors (Lipinski definition) is 3. The average molecular weight is 343 g/mol. The number of methoxy groups -OCH3 is 1. The lowest BCUT2D eigenvalue weighted by Crippen LogP contribution is -2.22. The van der Waals surface area contributed by atoms with Gasteiger partial charge < -0.3 is 15.4 Å². The van der Waals surface area contributed by atoms with E-state index < -0.39 is 0 Å². The van der Waals surface area contributed by atoms with Gasteiger partial charge in [0.1, 0.15) is 0 Å². The zero-order valence-electron chi connectivity index (χ0n) is 11.8. The number of halogens is 1. The molecule has 1 aromatic carbocycles. The Labute approximate surface area is 127 Å². The Kier molecular flexibility index (Phi) is 6.67. The molecule has 0 saturated carbocycles. The highest BCUT2D eigenvalue weighted by Gasteiger charge is 2.13. The van der Waals surface area contributed by atoms with E-state index in [-0.39, 0.29) is 17.9 Å². The van der Waals surface area contributed by atoms with Crippen LogP contribution in [0.1, 0.15) is 30.1 Å². The van der Waals surface area contributed by atoms with Crippen LogP contribution in [0.5, 0.6) is 0 Å². The zero-order chi connectivity index (χ0) is 15.1. The lowest BCUT2D eigenvalue weighted by molar-refractivity contribution is -0.116. The van der Waals surface area contributed by atoms with Crippen molar-refractivity contribution in [3.63, 3.8) is 0 Å². The van der Waals surface area contributed by atoms with Gasteiger partial charge in [-0.1, -0.05) is 15.9 Å². The maximum absolute atomic E-state index is 11.9. The first-order chi connectivity index (χ1) is 9.47. The van der Waals surface area contributed by atoms with Gasteiger partial charge in [0.15, 0.2) is 0 Å². The Hall–Kier alpha value is -1.40. The predicted molar refractivity (Wildman–Crippen MR) is 81.9 cm³/mol. The molecule has 1 atom stereocenters. The Morgan fingerprint density at radius 3 is 2.70 bits per heavy atom. The van der Waals surface area contributed by atoms with Crippen LogP contribution in [0.2, 0.25) is 0 Å². The van der Waals surface area contributed by atoms with Crippen molar-refractivity contribution in [1.82, 2.24) is 5.32 Å². The lowest BCUT2D eigenvalue weighted by Gasteiger charge is -2.12. The van der Waals surface area contributed by atoms with E-state index in [1.54, 1.807) is 32.4 Å². The molecule has 0 unspecified atom stereocenters. The summed E-state index contributed by atoms with van der Waals surface area (Å²) in [5.74, 6) is -0.381. The Bertz CT molecular complexity index is 491. The molecule has 0 spiro atoms. The second kappa shape index (κ2) is 8.01. The summed E-state index contributed by atoms with van der Waals surface area (Å²) < 4.78 is 5.88. The van der Waals surface area contributed by atoms with E-state index in [1.165, 1.54) is 0 Å². The van der Waals surface area contributed by atoms with Crippen LogP contribution in [0.4, 0.5) is 5.69 Å². The predicted octanol–water partition coefficient (Wildman–Crippen LogP) is 2.56. The van der Waals surface area contributed by atoms with Gasteiger partial charge in [-0.25, -0.2) is 0 Å². The van der Waals surface area contributed by atoms with Gasteiger partial charge in [-0.3, -0.25) is 9.59 Å². The molecule has 0 aliphatic carbocycles. The highest BCUT2D eigenvalue weighted by atomic mass is 79.9. The van der Waals surface area contributed by atoms with Crippen molar-refractivity contribution in [1.29, 1.82) is 0 Å². The largest absolute Gasteiger partial charge is 0.382 e. The number of hydrogen-bond donors (Lipinski definition) is 2. The smallest absolute Gasteiger partial charge is 0.253 e. The third-order valence-electron chi connectivity index (χ3n) is 2.91. The van der Waals surface area contributed by atoms with Crippen molar-refractivity contribution < 1.29 is 14.3 Å². The van der Waals surface area contributed by atoms with E-state index in [0.717, 1.165) is 4.47 Å². The van der Waals surface area contributed by atoms with Gasteiger partial charge in [0.25, 0.3) is 5.91 Å². The fourth-order valence-corrected chi connectivity index (χ4v) is 1.97. The molecule has 0 aliphatic heterocycles. The fraction of sp³-hybridized carbons (Fsp3) is 0.429. The molecule has 6 heteroatoms. The summed E-state index contributed by atoms with van der Waals surface area (Å²) >= 11 is 3.31. The average Bonchev–Trinajstić information content (AvgIpc) is 2.45. The summed E-state index contributed by atoms with van der Waals surface area (Å²) in [6.45, 7) is 1.91. The summed E-state index contributed by atoms with van der Waals surface area (Å²) in [5, 5.41) is 5.31. The molecule has 0 saturated heterocycles. The molecule has 1 rings (SSSR count). The van der Waals surface area contributed by atoms with E-state index >= 15 is 0 Å². The Morgan fingerprint density at radius 2 is 2.10 bits per heavy atom. The van der Waals surface area contributed by atoms with Crippen LogP contribution < -0.4 is 10.6 Å². The molecule has 0 aliphatic rings. The number of rotatable bonds is 6. The number of carbonyl (C=O) groups excluding carboxylic acids is 2. The molecule has 1 aromatic rings. The molecule has 5 nitrogen and oxygen atoms in total. The topological polar surface area (TPSA) is 67.4 Å². The number of ether oxygens (including phenoxy) is 1. The monoisotopic (exact) mass is 342 g/mol. The maximum Gasteiger partial charge on any atom is 0.253 e. The summed E-state index contributed by atoms with van der Waals surface area (Å²) in [4.78, 5) is 23.6. The number of amides is 2. The molecule has 0 radical (unpaired) electrons. The molecule has 0 heterocycles. The first-order valence-electron chi connectivity index (χ1n) is 6.32. The molecule has 0 bridgehead atoms. The van der Waals surface area contributed by atoms with Gasteiger partial charge in [0, 0.05) is 25.1 Å². The van der Waals surface area contributed by atoms with E-state index in [0.29, 0.717) is 24.1 Å². The second-order valence-electron chi connectivity index (χ2n) is 4.40. The molecule has 2 N–H and O–H groups in total. The minimum absolute atomic E-state index is 0.0316. The Balaban J connectivity index is 2.76. The summed E-state index contributed by atoms with van der Waals surface area (Å²) in [7, 11) is 3.16. The first kappa shape index (κ1) is 16.7. The number of benzene rings is 1. The minimum Gasteiger partial charge on any atom is -0.382 e. The highest BCUT2D eigenvalue weighted by molar-refractivity contribution is 9.10. The summed E-state index contributed by atoms with van der Waals surface area (Å²) in [6, 6.07) is 5.15. The third kappa shape index (κ3) is 4.94.